The van der Waals surface area contributed by atoms with Crippen molar-refractivity contribution in [2.24, 2.45) is 5.10 Å². The van der Waals surface area contributed by atoms with Crippen LogP contribution < -0.4 is 5.43 Å². The molecule has 3 aromatic rings. The van der Waals surface area contributed by atoms with Crippen molar-refractivity contribution in [3.05, 3.63) is 82.9 Å². The lowest BCUT2D eigenvalue weighted by molar-refractivity contribution is -0.120. The Labute approximate surface area is 148 Å². The lowest BCUT2D eigenvalue weighted by atomic mass is 10.0. The molecule has 0 fully saturated rings. The van der Waals surface area contributed by atoms with Crippen molar-refractivity contribution in [1.29, 1.82) is 0 Å². The number of nitrogens with one attached hydrogen (secondary N) is 1. The quantitative estimate of drug-likeness (QED) is 0.554. The molecule has 3 aromatic carbocycles. The summed E-state index contributed by atoms with van der Waals surface area (Å²) in [5.41, 5.74) is 7.87. The maximum absolute atomic E-state index is 12.2. The molecule has 0 atom stereocenters. The van der Waals surface area contributed by atoms with Gasteiger partial charge in [0.15, 0.2) is 0 Å². The summed E-state index contributed by atoms with van der Waals surface area (Å²) in [6.07, 6.45) is 0.332. The van der Waals surface area contributed by atoms with Crippen LogP contribution in [0.3, 0.4) is 0 Å². The van der Waals surface area contributed by atoms with Crippen LogP contribution in [0.2, 0.25) is 0 Å². The normalized spacial score (nSPS) is 11.6. The van der Waals surface area contributed by atoms with Crippen molar-refractivity contribution in [3.63, 3.8) is 0 Å². The molecular formula is C22H22N2O. The van der Waals surface area contributed by atoms with Crippen LogP contribution in [-0.2, 0) is 11.2 Å². The summed E-state index contributed by atoms with van der Waals surface area (Å²) < 4.78 is 0. The molecule has 0 aliphatic carbocycles. The molecule has 0 aromatic heterocycles. The Hall–Kier alpha value is -2.94. The van der Waals surface area contributed by atoms with Crippen molar-refractivity contribution >= 4 is 22.4 Å². The summed E-state index contributed by atoms with van der Waals surface area (Å²) in [5, 5.41) is 6.60. The standard InChI is InChI=1S/C22H22N2O/c1-15-11-12-19(16(2)13-15)14-22(25)24-23-17(3)20-10-6-8-18-7-4-5-9-21(18)20/h4-13H,14H2,1-3H3,(H,24,25)/b23-17-. The molecule has 0 aliphatic rings. The molecule has 0 heterocycles. The molecular weight excluding hydrogens is 308 g/mol. The third-order valence-corrected chi connectivity index (χ3v) is 4.38. The Kier molecular flexibility index (Phi) is 4.94. The van der Waals surface area contributed by atoms with Gasteiger partial charge in [-0.1, -0.05) is 66.2 Å². The largest absolute Gasteiger partial charge is 0.273 e. The van der Waals surface area contributed by atoms with Crippen LogP contribution >= 0.6 is 0 Å². The average molecular weight is 330 g/mol. The Bertz CT molecular complexity index is 952. The number of carbonyl (C=O) groups excluding carboxylic acids is 1. The van der Waals surface area contributed by atoms with E-state index in [1.807, 2.05) is 50.2 Å². The van der Waals surface area contributed by atoms with E-state index in [9.17, 15) is 4.79 Å². The first-order chi connectivity index (χ1) is 12.0. The van der Waals surface area contributed by atoms with E-state index in [1.165, 1.54) is 5.56 Å². The maximum atomic E-state index is 12.2. The van der Waals surface area contributed by atoms with Gasteiger partial charge in [-0.05, 0) is 42.7 Å². The number of aryl methyl sites for hydroxylation is 2. The first-order valence-corrected chi connectivity index (χ1v) is 8.42. The SMILES string of the molecule is C/C(=N/NC(=O)Cc1ccc(C)cc1C)c1cccc2ccccc12. The fourth-order valence-electron chi connectivity index (χ4n) is 3.00. The molecule has 0 bridgehead atoms. The molecule has 25 heavy (non-hydrogen) atoms. The zero-order valence-electron chi connectivity index (χ0n) is 14.8. The highest BCUT2D eigenvalue weighted by Crippen LogP contribution is 2.19. The summed E-state index contributed by atoms with van der Waals surface area (Å²) in [6, 6.07) is 20.4. The number of fused-ring (bicyclic) bond motifs is 1. The van der Waals surface area contributed by atoms with Crippen LogP contribution in [0.5, 0.6) is 0 Å². The zero-order valence-corrected chi connectivity index (χ0v) is 14.8. The third-order valence-electron chi connectivity index (χ3n) is 4.38. The Balaban J connectivity index is 1.75. The van der Waals surface area contributed by atoms with E-state index in [2.05, 4.69) is 41.7 Å². The Morgan fingerprint density at radius 2 is 1.76 bits per heavy atom. The maximum Gasteiger partial charge on any atom is 0.244 e. The summed E-state index contributed by atoms with van der Waals surface area (Å²) in [4.78, 5) is 12.2. The van der Waals surface area contributed by atoms with Crippen molar-refractivity contribution in [2.75, 3.05) is 0 Å². The fraction of sp³-hybridized carbons (Fsp3) is 0.182. The van der Waals surface area contributed by atoms with E-state index >= 15 is 0 Å². The third kappa shape index (κ3) is 3.94. The monoisotopic (exact) mass is 330 g/mol. The van der Waals surface area contributed by atoms with Gasteiger partial charge in [0, 0.05) is 5.56 Å². The molecule has 0 saturated carbocycles. The van der Waals surface area contributed by atoms with Crippen LogP contribution in [-0.4, -0.2) is 11.6 Å². The summed E-state index contributed by atoms with van der Waals surface area (Å²) in [5.74, 6) is -0.105. The first kappa shape index (κ1) is 16.9. The molecule has 0 aliphatic heterocycles. The predicted octanol–water partition coefficient (Wildman–Crippen LogP) is 4.54. The molecule has 126 valence electrons. The second kappa shape index (κ2) is 7.31. The van der Waals surface area contributed by atoms with Crippen LogP contribution in [0.1, 0.15) is 29.2 Å². The van der Waals surface area contributed by atoms with Crippen molar-refractivity contribution in [1.82, 2.24) is 5.43 Å². The first-order valence-electron chi connectivity index (χ1n) is 8.42. The number of nitrogens with zero attached hydrogens (tertiary/aromatic N) is 1. The van der Waals surface area contributed by atoms with Gasteiger partial charge in [0.05, 0.1) is 12.1 Å². The molecule has 3 nitrogen and oxygen atoms in total. The number of hydrogen-bond donors (Lipinski definition) is 1. The number of amides is 1. The topological polar surface area (TPSA) is 41.5 Å². The Morgan fingerprint density at radius 3 is 2.56 bits per heavy atom. The second-order valence-corrected chi connectivity index (χ2v) is 6.37. The fourth-order valence-corrected chi connectivity index (χ4v) is 3.00. The van der Waals surface area contributed by atoms with Gasteiger partial charge >= 0.3 is 0 Å². The van der Waals surface area contributed by atoms with E-state index in [0.717, 1.165) is 33.2 Å². The average Bonchev–Trinajstić information content (AvgIpc) is 2.61. The van der Waals surface area contributed by atoms with Crippen LogP contribution in [0, 0.1) is 13.8 Å². The van der Waals surface area contributed by atoms with Gasteiger partial charge in [-0.3, -0.25) is 4.79 Å². The van der Waals surface area contributed by atoms with E-state index in [0.29, 0.717) is 6.42 Å². The van der Waals surface area contributed by atoms with E-state index in [4.69, 9.17) is 0 Å². The van der Waals surface area contributed by atoms with Crippen LogP contribution in [0.25, 0.3) is 10.8 Å². The molecule has 1 amide bonds. The van der Waals surface area contributed by atoms with Gasteiger partial charge in [0.2, 0.25) is 5.91 Å². The second-order valence-electron chi connectivity index (χ2n) is 6.37. The van der Waals surface area contributed by atoms with E-state index in [1.54, 1.807) is 0 Å². The summed E-state index contributed by atoms with van der Waals surface area (Å²) in [7, 11) is 0. The van der Waals surface area contributed by atoms with Crippen molar-refractivity contribution in [3.8, 4) is 0 Å². The number of benzene rings is 3. The molecule has 3 rings (SSSR count). The number of carbonyl (C=O) groups is 1. The Morgan fingerprint density at radius 1 is 1.00 bits per heavy atom. The summed E-state index contributed by atoms with van der Waals surface area (Å²) in [6.45, 7) is 5.99. The lowest BCUT2D eigenvalue weighted by Gasteiger charge is -2.08. The zero-order chi connectivity index (χ0) is 17.8. The lowest BCUT2D eigenvalue weighted by Crippen LogP contribution is -2.21. The minimum absolute atomic E-state index is 0.105. The van der Waals surface area contributed by atoms with Gasteiger partial charge in [0.1, 0.15) is 0 Å². The number of hydrazone groups is 1. The smallest absolute Gasteiger partial charge is 0.244 e. The summed E-state index contributed by atoms with van der Waals surface area (Å²) >= 11 is 0. The van der Waals surface area contributed by atoms with Crippen molar-refractivity contribution < 1.29 is 4.79 Å². The molecule has 1 N–H and O–H groups in total. The number of rotatable bonds is 4. The van der Waals surface area contributed by atoms with Gasteiger partial charge < -0.3 is 0 Å². The van der Waals surface area contributed by atoms with E-state index < -0.39 is 0 Å². The highest BCUT2D eigenvalue weighted by Gasteiger charge is 2.07. The molecule has 0 radical (unpaired) electrons. The highest BCUT2D eigenvalue weighted by molar-refractivity contribution is 6.09. The highest BCUT2D eigenvalue weighted by atomic mass is 16.2. The predicted molar refractivity (Wildman–Crippen MR) is 104 cm³/mol. The minimum atomic E-state index is -0.105. The van der Waals surface area contributed by atoms with Gasteiger partial charge in [0.25, 0.3) is 0 Å². The van der Waals surface area contributed by atoms with E-state index in [-0.39, 0.29) is 5.91 Å². The van der Waals surface area contributed by atoms with Gasteiger partial charge in [-0.15, -0.1) is 0 Å². The molecule has 3 heteroatoms. The molecule has 0 unspecified atom stereocenters. The number of hydrogen-bond acceptors (Lipinski definition) is 2. The molecule has 0 spiro atoms. The van der Waals surface area contributed by atoms with Crippen molar-refractivity contribution in [2.45, 2.75) is 27.2 Å². The van der Waals surface area contributed by atoms with Crippen LogP contribution in [0.4, 0.5) is 0 Å². The van der Waals surface area contributed by atoms with Crippen LogP contribution in [0.15, 0.2) is 65.8 Å². The molecule has 0 saturated heterocycles. The minimum Gasteiger partial charge on any atom is -0.273 e. The van der Waals surface area contributed by atoms with Gasteiger partial charge in [-0.25, -0.2) is 5.43 Å². The van der Waals surface area contributed by atoms with Gasteiger partial charge in [-0.2, -0.15) is 5.10 Å².